The molecule has 0 bridgehead atoms. The number of H-pyrrole nitrogens is 1. The van der Waals surface area contributed by atoms with Crippen molar-refractivity contribution in [3.05, 3.63) is 49.8 Å². The van der Waals surface area contributed by atoms with Crippen molar-refractivity contribution in [2.45, 2.75) is 40.7 Å². The Morgan fingerprint density at radius 2 is 2.00 bits per heavy atom. The van der Waals surface area contributed by atoms with E-state index in [0.717, 1.165) is 11.3 Å². The Balaban J connectivity index is 1.93. The van der Waals surface area contributed by atoms with Crippen molar-refractivity contribution in [1.82, 2.24) is 9.97 Å². The molecule has 1 N–H and O–H groups in total. The monoisotopic (exact) mass is 404 g/mol. The fraction of sp³-hybridized carbons (Fsp3) is 0.368. The lowest BCUT2D eigenvalue weighted by Crippen LogP contribution is -2.17. The number of rotatable bonds is 5. The van der Waals surface area contributed by atoms with E-state index in [-0.39, 0.29) is 12.4 Å². The van der Waals surface area contributed by atoms with Gasteiger partial charge in [0, 0.05) is 0 Å². The maximum Gasteiger partial charge on any atom is 0.348 e. The second kappa shape index (κ2) is 7.59. The van der Waals surface area contributed by atoms with Gasteiger partial charge in [0.05, 0.1) is 12.0 Å². The maximum atomic E-state index is 12.5. The maximum absolute atomic E-state index is 12.5. The summed E-state index contributed by atoms with van der Waals surface area (Å²) >= 11 is 1.08. The largest absolute Gasteiger partial charge is 0.466 e. The molecular weight excluding hydrogens is 384 g/mol. The Morgan fingerprint density at radius 1 is 1.29 bits per heavy atom. The average Bonchev–Trinajstić information content (AvgIpc) is 3.14. The Morgan fingerprint density at radius 3 is 2.61 bits per heavy atom. The normalized spacial score (nSPS) is 12.2. The van der Waals surface area contributed by atoms with Crippen LogP contribution in [-0.2, 0) is 9.47 Å². The number of hydrogen-bond donors (Lipinski definition) is 1. The van der Waals surface area contributed by atoms with Crippen molar-refractivity contribution in [2.75, 3.05) is 6.61 Å². The van der Waals surface area contributed by atoms with Crippen molar-refractivity contribution in [2.24, 2.45) is 0 Å². The molecule has 8 nitrogen and oxygen atoms in total. The molecule has 28 heavy (non-hydrogen) atoms. The van der Waals surface area contributed by atoms with Gasteiger partial charge in [0.1, 0.15) is 26.8 Å². The summed E-state index contributed by atoms with van der Waals surface area (Å²) < 4.78 is 15.8. The molecule has 3 aromatic heterocycles. The molecule has 9 heteroatoms. The van der Waals surface area contributed by atoms with E-state index in [4.69, 9.17) is 13.9 Å². The van der Waals surface area contributed by atoms with Crippen molar-refractivity contribution in [1.29, 1.82) is 0 Å². The van der Waals surface area contributed by atoms with Crippen LogP contribution in [0, 0.1) is 20.8 Å². The van der Waals surface area contributed by atoms with E-state index < -0.39 is 23.6 Å². The quantitative estimate of drug-likeness (QED) is 0.647. The second-order valence-corrected chi connectivity index (χ2v) is 7.28. The number of thiophene rings is 1. The first-order valence-electron chi connectivity index (χ1n) is 8.71. The highest BCUT2D eigenvalue weighted by Crippen LogP contribution is 2.29. The number of ether oxygens (including phenoxy) is 2. The van der Waals surface area contributed by atoms with Crippen LogP contribution in [0.15, 0.2) is 15.3 Å². The summed E-state index contributed by atoms with van der Waals surface area (Å²) in [6.45, 7) is 8.64. The smallest absolute Gasteiger partial charge is 0.348 e. The van der Waals surface area contributed by atoms with Crippen LogP contribution in [0.3, 0.4) is 0 Å². The zero-order chi connectivity index (χ0) is 20.6. The van der Waals surface area contributed by atoms with Gasteiger partial charge >= 0.3 is 11.9 Å². The van der Waals surface area contributed by atoms with Crippen LogP contribution in [0.5, 0.6) is 0 Å². The van der Waals surface area contributed by atoms with Gasteiger partial charge in [0.2, 0.25) is 0 Å². The molecule has 3 rings (SSSR count). The van der Waals surface area contributed by atoms with Crippen molar-refractivity contribution < 1.29 is 23.5 Å². The van der Waals surface area contributed by atoms with Crippen LogP contribution in [0.25, 0.3) is 10.2 Å². The average molecular weight is 404 g/mol. The first kappa shape index (κ1) is 19.8. The Kier molecular flexibility index (Phi) is 5.37. The molecule has 0 unspecified atom stereocenters. The van der Waals surface area contributed by atoms with Crippen molar-refractivity contribution >= 4 is 33.5 Å². The van der Waals surface area contributed by atoms with Crippen molar-refractivity contribution in [3.8, 4) is 0 Å². The third-order valence-corrected chi connectivity index (χ3v) is 5.38. The minimum atomic E-state index is -0.798. The Labute approximate surface area is 164 Å². The number of aryl methyl sites for hydroxylation is 3. The standard InChI is InChI=1S/C19H20N2O6S/c1-6-25-19(24)14-9(3)13-16(22)20-15(21-17(13)28-14)11(5)27-18(23)12-7-8(2)26-10(12)4/h7,11H,6H2,1-5H3,(H,20,21,22)/t11-/m0/s1. The summed E-state index contributed by atoms with van der Waals surface area (Å²) in [7, 11) is 0. The van der Waals surface area contributed by atoms with Crippen LogP contribution in [0.1, 0.15) is 62.9 Å². The number of aromatic nitrogens is 2. The first-order chi connectivity index (χ1) is 13.2. The van der Waals surface area contributed by atoms with E-state index in [1.807, 2.05) is 0 Å². The number of nitrogens with one attached hydrogen (secondary N) is 1. The van der Waals surface area contributed by atoms with Gasteiger partial charge in [-0.2, -0.15) is 0 Å². The molecule has 0 saturated heterocycles. The molecule has 0 aliphatic heterocycles. The molecule has 1 atom stereocenters. The van der Waals surface area contributed by atoms with Crippen LogP contribution in [0.4, 0.5) is 0 Å². The number of carbonyl (C=O) groups is 2. The molecule has 0 aromatic carbocycles. The van der Waals surface area contributed by atoms with Crippen LogP contribution in [0.2, 0.25) is 0 Å². The Bertz CT molecular complexity index is 1120. The van der Waals surface area contributed by atoms with Crippen LogP contribution in [-0.4, -0.2) is 28.5 Å². The zero-order valence-corrected chi connectivity index (χ0v) is 17.0. The molecular formula is C19H20N2O6S. The van der Waals surface area contributed by atoms with E-state index in [0.29, 0.717) is 37.7 Å². The van der Waals surface area contributed by atoms with Crippen molar-refractivity contribution in [3.63, 3.8) is 0 Å². The molecule has 3 aromatic rings. The number of fused-ring (bicyclic) bond motifs is 1. The molecule has 0 fully saturated rings. The summed E-state index contributed by atoms with van der Waals surface area (Å²) in [6, 6.07) is 1.60. The number of carbonyl (C=O) groups excluding carboxylic acids is 2. The fourth-order valence-electron chi connectivity index (χ4n) is 2.86. The molecule has 0 radical (unpaired) electrons. The van der Waals surface area contributed by atoms with Gasteiger partial charge in [0.15, 0.2) is 11.9 Å². The van der Waals surface area contributed by atoms with Gasteiger partial charge in [-0.15, -0.1) is 11.3 Å². The number of nitrogens with zero attached hydrogens (tertiary/aromatic N) is 1. The van der Waals surface area contributed by atoms with Gasteiger partial charge in [-0.1, -0.05) is 0 Å². The predicted octanol–water partition coefficient (Wildman–Crippen LogP) is 3.60. The SMILES string of the molecule is CCOC(=O)c1sc2nc([C@H](C)OC(=O)c3cc(C)oc3C)[nH]c(=O)c2c1C. The number of aromatic amines is 1. The summed E-state index contributed by atoms with van der Waals surface area (Å²) in [6.07, 6.45) is -0.798. The molecule has 0 amide bonds. The van der Waals surface area contributed by atoms with Gasteiger partial charge in [-0.05, 0) is 46.2 Å². The van der Waals surface area contributed by atoms with E-state index in [1.165, 1.54) is 0 Å². The van der Waals surface area contributed by atoms with E-state index in [1.54, 1.807) is 40.7 Å². The third-order valence-electron chi connectivity index (χ3n) is 4.21. The highest BCUT2D eigenvalue weighted by atomic mass is 32.1. The molecule has 0 aliphatic carbocycles. The minimum Gasteiger partial charge on any atom is -0.466 e. The molecule has 0 saturated carbocycles. The lowest BCUT2D eigenvalue weighted by atomic mass is 10.2. The highest BCUT2D eigenvalue weighted by molar-refractivity contribution is 7.20. The molecule has 0 aliphatic rings. The zero-order valence-electron chi connectivity index (χ0n) is 16.2. The summed E-state index contributed by atoms with van der Waals surface area (Å²) in [5, 5.41) is 0.330. The lowest BCUT2D eigenvalue weighted by Gasteiger charge is -2.12. The van der Waals surface area contributed by atoms with Gasteiger partial charge in [-0.3, -0.25) is 4.79 Å². The van der Waals surface area contributed by atoms with E-state index in [2.05, 4.69) is 9.97 Å². The highest BCUT2D eigenvalue weighted by Gasteiger charge is 2.23. The van der Waals surface area contributed by atoms with Crippen LogP contribution >= 0.6 is 11.3 Å². The third kappa shape index (κ3) is 3.57. The van der Waals surface area contributed by atoms with Gasteiger partial charge in [-0.25, -0.2) is 14.6 Å². The topological polar surface area (TPSA) is 111 Å². The fourth-order valence-corrected chi connectivity index (χ4v) is 3.94. The first-order valence-corrected chi connectivity index (χ1v) is 9.53. The minimum absolute atomic E-state index is 0.195. The molecule has 148 valence electrons. The predicted molar refractivity (Wildman–Crippen MR) is 103 cm³/mol. The van der Waals surface area contributed by atoms with E-state index >= 15 is 0 Å². The lowest BCUT2D eigenvalue weighted by molar-refractivity contribution is 0.0317. The van der Waals surface area contributed by atoms with E-state index in [9.17, 15) is 14.4 Å². The number of furan rings is 1. The van der Waals surface area contributed by atoms with Crippen LogP contribution < -0.4 is 5.56 Å². The summed E-state index contributed by atoms with van der Waals surface area (Å²) in [5.41, 5.74) is 0.444. The number of esters is 2. The number of hydrogen-bond acceptors (Lipinski definition) is 8. The Hall–Kier alpha value is -2.94. The molecule has 0 spiro atoms. The summed E-state index contributed by atoms with van der Waals surface area (Å²) in [4.78, 5) is 44.7. The molecule has 3 heterocycles. The second-order valence-electron chi connectivity index (χ2n) is 6.28. The van der Waals surface area contributed by atoms with Gasteiger partial charge < -0.3 is 18.9 Å². The summed E-state index contributed by atoms with van der Waals surface area (Å²) in [5.74, 6) is 0.193. The van der Waals surface area contributed by atoms with Gasteiger partial charge in [0.25, 0.3) is 5.56 Å².